The van der Waals surface area contributed by atoms with Gasteiger partial charge in [-0.2, -0.15) is 0 Å². The summed E-state index contributed by atoms with van der Waals surface area (Å²) in [4.78, 5) is 1.38. The average Bonchev–Trinajstić information content (AvgIpc) is 2.74. The molecular formula is C13H20ClNS. The third-order valence-corrected chi connectivity index (χ3v) is 4.94. The van der Waals surface area contributed by atoms with Crippen LogP contribution < -0.4 is 5.32 Å². The minimum atomic E-state index is 0.479. The van der Waals surface area contributed by atoms with Crippen molar-refractivity contribution in [2.75, 3.05) is 6.54 Å². The SMILES string of the molecule is CC1(C)CCCC1NCCc1ccc(Cl)s1. The van der Waals surface area contributed by atoms with Crippen molar-refractivity contribution in [2.24, 2.45) is 5.41 Å². The van der Waals surface area contributed by atoms with Crippen LogP contribution in [0.5, 0.6) is 0 Å². The Morgan fingerprint density at radius 3 is 2.88 bits per heavy atom. The zero-order valence-electron chi connectivity index (χ0n) is 10.1. The highest BCUT2D eigenvalue weighted by atomic mass is 35.5. The molecule has 1 heterocycles. The van der Waals surface area contributed by atoms with Gasteiger partial charge < -0.3 is 5.32 Å². The van der Waals surface area contributed by atoms with E-state index in [9.17, 15) is 0 Å². The van der Waals surface area contributed by atoms with Crippen molar-refractivity contribution >= 4 is 22.9 Å². The lowest BCUT2D eigenvalue weighted by Crippen LogP contribution is -2.38. The first-order chi connectivity index (χ1) is 7.58. The van der Waals surface area contributed by atoms with Gasteiger partial charge in [-0.05, 0) is 36.8 Å². The minimum Gasteiger partial charge on any atom is -0.313 e. The maximum atomic E-state index is 5.91. The molecule has 2 rings (SSSR count). The van der Waals surface area contributed by atoms with E-state index >= 15 is 0 Å². The minimum absolute atomic E-state index is 0.479. The number of thiophene rings is 1. The molecule has 16 heavy (non-hydrogen) atoms. The van der Waals surface area contributed by atoms with Crippen LogP contribution in [0.15, 0.2) is 12.1 Å². The molecule has 1 nitrogen and oxygen atoms in total. The van der Waals surface area contributed by atoms with Crippen molar-refractivity contribution in [3.05, 3.63) is 21.3 Å². The molecule has 1 saturated carbocycles. The molecule has 1 aliphatic carbocycles. The van der Waals surface area contributed by atoms with Crippen LogP contribution in [0.4, 0.5) is 0 Å². The molecule has 90 valence electrons. The van der Waals surface area contributed by atoms with E-state index in [0.29, 0.717) is 11.5 Å². The van der Waals surface area contributed by atoms with Crippen LogP contribution >= 0.6 is 22.9 Å². The van der Waals surface area contributed by atoms with Gasteiger partial charge in [-0.1, -0.05) is 31.9 Å². The second kappa shape index (κ2) is 5.07. The molecule has 1 atom stereocenters. The molecule has 0 amide bonds. The van der Waals surface area contributed by atoms with E-state index in [1.807, 2.05) is 6.07 Å². The Morgan fingerprint density at radius 2 is 2.31 bits per heavy atom. The lowest BCUT2D eigenvalue weighted by Gasteiger charge is -2.27. The van der Waals surface area contributed by atoms with Crippen molar-refractivity contribution in [1.29, 1.82) is 0 Å². The molecule has 1 aromatic rings. The van der Waals surface area contributed by atoms with Crippen LogP contribution in [0.25, 0.3) is 0 Å². The normalized spacial score (nSPS) is 23.8. The first kappa shape index (κ1) is 12.4. The Balaban J connectivity index is 1.76. The highest BCUT2D eigenvalue weighted by Crippen LogP contribution is 2.37. The summed E-state index contributed by atoms with van der Waals surface area (Å²) in [5, 5.41) is 3.69. The van der Waals surface area contributed by atoms with E-state index in [4.69, 9.17) is 11.6 Å². The van der Waals surface area contributed by atoms with Crippen LogP contribution in [0, 0.1) is 5.41 Å². The molecule has 0 bridgehead atoms. The highest BCUT2D eigenvalue weighted by Gasteiger charge is 2.33. The van der Waals surface area contributed by atoms with Crippen molar-refractivity contribution in [1.82, 2.24) is 5.32 Å². The van der Waals surface area contributed by atoms with E-state index in [1.54, 1.807) is 11.3 Å². The van der Waals surface area contributed by atoms with Gasteiger partial charge >= 0.3 is 0 Å². The van der Waals surface area contributed by atoms with Crippen LogP contribution in [-0.2, 0) is 6.42 Å². The lowest BCUT2D eigenvalue weighted by molar-refractivity contribution is 0.285. The maximum Gasteiger partial charge on any atom is 0.0931 e. The second-order valence-electron chi connectivity index (χ2n) is 5.34. The van der Waals surface area contributed by atoms with Gasteiger partial charge in [-0.3, -0.25) is 0 Å². The van der Waals surface area contributed by atoms with Gasteiger partial charge in [0, 0.05) is 17.5 Å². The molecule has 0 aliphatic heterocycles. The molecule has 0 aromatic carbocycles. The van der Waals surface area contributed by atoms with E-state index in [2.05, 4.69) is 25.2 Å². The third-order valence-electron chi connectivity index (χ3n) is 3.65. The Hall–Kier alpha value is -0.0500. The predicted octanol–water partition coefficient (Wildman–Crippen LogP) is 4.11. The van der Waals surface area contributed by atoms with Crippen molar-refractivity contribution in [3.63, 3.8) is 0 Å². The number of hydrogen-bond acceptors (Lipinski definition) is 2. The highest BCUT2D eigenvalue weighted by molar-refractivity contribution is 7.16. The summed E-state index contributed by atoms with van der Waals surface area (Å²) < 4.78 is 0.899. The fourth-order valence-corrected chi connectivity index (χ4v) is 3.65. The molecule has 0 spiro atoms. The molecular weight excluding hydrogens is 238 g/mol. The largest absolute Gasteiger partial charge is 0.313 e. The maximum absolute atomic E-state index is 5.91. The van der Waals surface area contributed by atoms with Crippen LogP contribution in [0.2, 0.25) is 4.34 Å². The lowest BCUT2D eigenvalue weighted by atomic mass is 9.87. The predicted molar refractivity (Wildman–Crippen MR) is 72.5 cm³/mol. The van der Waals surface area contributed by atoms with Gasteiger partial charge in [0.1, 0.15) is 0 Å². The topological polar surface area (TPSA) is 12.0 Å². The zero-order valence-corrected chi connectivity index (χ0v) is 11.6. The Bertz CT molecular complexity index is 345. The van der Waals surface area contributed by atoms with Crippen molar-refractivity contribution in [3.8, 4) is 0 Å². The quantitative estimate of drug-likeness (QED) is 0.856. The van der Waals surface area contributed by atoms with Crippen LogP contribution in [-0.4, -0.2) is 12.6 Å². The summed E-state index contributed by atoms with van der Waals surface area (Å²) in [6.07, 6.45) is 5.16. The molecule has 0 radical (unpaired) electrons. The Kier molecular flexibility index (Phi) is 3.93. The van der Waals surface area contributed by atoms with Gasteiger partial charge in [0.25, 0.3) is 0 Å². The van der Waals surface area contributed by atoms with Gasteiger partial charge in [0.15, 0.2) is 0 Å². The van der Waals surface area contributed by atoms with Crippen molar-refractivity contribution in [2.45, 2.75) is 45.6 Å². The average molecular weight is 258 g/mol. The number of rotatable bonds is 4. The summed E-state index contributed by atoms with van der Waals surface area (Å²) in [5.74, 6) is 0. The van der Waals surface area contributed by atoms with Gasteiger partial charge in [0.2, 0.25) is 0 Å². The first-order valence-electron chi connectivity index (χ1n) is 6.05. The van der Waals surface area contributed by atoms with Gasteiger partial charge in [0.05, 0.1) is 4.34 Å². The number of nitrogens with one attached hydrogen (secondary N) is 1. The summed E-state index contributed by atoms with van der Waals surface area (Å²) in [5.41, 5.74) is 0.479. The van der Waals surface area contributed by atoms with E-state index in [1.165, 1.54) is 24.1 Å². The smallest absolute Gasteiger partial charge is 0.0931 e. The Morgan fingerprint density at radius 1 is 1.50 bits per heavy atom. The molecule has 0 saturated heterocycles. The summed E-state index contributed by atoms with van der Waals surface area (Å²) >= 11 is 7.61. The second-order valence-corrected chi connectivity index (χ2v) is 7.14. The molecule has 1 aliphatic rings. The summed E-state index contributed by atoms with van der Waals surface area (Å²) in [6, 6.07) is 4.82. The van der Waals surface area contributed by atoms with E-state index in [0.717, 1.165) is 17.3 Å². The molecule has 1 fully saturated rings. The standard InChI is InChI=1S/C13H20ClNS/c1-13(2)8-3-4-11(13)15-9-7-10-5-6-12(14)16-10/h5-6,11,15H,3-4,7-9H2,1-2H3. The Labute approximate surface area is 107 Å². The summed E-state index contributed by atoms with van der Waals surface area (Å²) in [7, 11) is 0. The molecule has 1 unspecified atom stereocenters. The zero-order chi connectivity index (χ0) is 11.6. The van der Waals surface area contributed by atoms with Gasteiger partial charge in [-0.25, -0.2) is 0 Å². The van der Waals surface area contributed by atoms with E-state index in [-0.39, 0.29) is 0 Å². The first-order valence-corrected chi connectivity index (χ1v) is 7.25. The van der Waals surface area contributed by atoms with Crippen LogP contribution in [0.3, 0.4) is 0 Å². The third kappa shape index (κ3) is 2.99. The van der Waals surface area contributed by atoms with Gasteiger partial charge in [-0.15, -0.1) is 11.3 Å². The monoisotopic (exact) mass is 257 g/mol. The fourth-order valence-electron chi connectivity index (χ4n) is 2.56. The van der Waals surface area contributed by atoms with E-state index < -0.39 is 0 Å². The number of hydrogen-bond donors (Lipinski definition) is 1. The molecule has 1 N–H and O–H groups in total. The van der Waals surface area contributed by atoms with Crippen LogP contribution in [0.1, 0.15) is 38.0 Å². The fraction of sp³-hybridized carbons (Fsp3) is 0.692. The van der Waals surface area contributed by atoms with Crippen molar-refractivity contribution < 1.29 is 0 Å². The number of halogens is 1. The summed E-state index contributed by atoms with van der Waals surface area (Å²) in [6.45, 7) is 5.82. The molecule has 1 aromatic heterocycles. The molecule has 3 heteroatoms.